The van der Waals surface area contributed by atoms with Gasteiger partial charge in [-0.1, -0.05) is 51.4 Å². The van der Waals surface area contributed by atoms with Gasteiger partial charge < -0.3 is 4.52 Å². The van der Waals surface area contributed by atoms with Crippen molar-refractivity contribution in [1.82, 2.24) is 0 Å². The molecule has 2 aliphatic carbocycles. The van der Waals surface area contributed by atoms with Gasteiger partial charge in [-0.2, -0.15) is 0 Å². The predicted octanol–water partition coefficient (Wildman–Crippen LogP) is 5.60. The van der Waals surface area contributed by atoms with E-state index >= 15 is 0 Å². The van der Waals surface area contributed by atoms with Gasteiger partial charge in [0.15, 0.2) is 0 Å². The smallest absolute Gasteiger partial charge is 0.203 e. The summed E-state index contributed by atoms with van der Waals surface area (Å²) in [5.74, 6) is 1.41. The van der Waals surface area contributed by atoms with Crippen molar-refractivity contribution in [3.05, 3.63) is 0 Å². The van der Waals surface area contributed by atoms with E-state index in [0.29, 0.717) is 23.6 Å². The van der Waals surface area contributed by atoms with Crippen molar-refractivity contribution >= 4 is 7.37 Å². The average molecular weight is 298 g/mol. The SMILES string of the molecule is CP1(=O)OC2CCCCCCCC2C2CCCCCC21. The van der Waals surface area contributed by atoms with E-state index in [2.05, 4.69) is 0 Å². The third kappa shape index (κ3) is 3.17. The Bertz CT molecular complexity index is 368. The highest BCUT2D eigenvalue weighted by molar-refractivity contribution is 7.59. The summed E-state index contributed by atoms with van der Waals surface area (Å²) >= 11 is 0. The molecule has 0 aromatic heterocycles. The zero-order valence-corrected chi connectivity index (χ0v) is 14.0. The molecular weight excluding hydrogens is 267 g/mol. The van der Waals surface area contributed by atoms with Crippen LogP contribution in [0.25, 0.3) is 0 Å². The maximum absolute atomic E-state index is 13.1. The molecule has 20 heavy (non-hydrogen) atoms. The quantitative estimate of drug-likeness (QED) is 0.544. The van der Waals surface area contributed by atoms with E-state index in [0.717, 1.165) is 12.8 Å². The Morgan fingerprint density at radius 3 is 2.10 bits per heavy atom. The van der Waals surface area contributed by atoms with Gasteiger partial charge in [-0.25, -0.2) is 0 Å². The molecule has 0 radical (unpaired) electrons. The van der Waals surface area contributed by atoms with E-state index in [4.69, 9.17) is 4.52 Å². The molecule has 1 heterocycles. The van der Waals surface area contributed by atoms with Crippen molar-refractivity contribution in [2.45, 2.75) is 88.8 Å². The molecule has 3 fully saturated rings. The average Bonchev–Trinajstić information content (AvgIpc) is 2.59. The van der Waals surface area contributed by atoms with Gasteiger partial charge in [-0.3, -0.25) is 4.57 Å². The minimum Gasteiger partial charge on any atom is -0.325 e. The second-order valence-electron chi connectivity index (χ2n) is 7.43. The van der Waals surface area contributed by atoms with Gasteiger partial charge in [0.05, 0.1) is 6.10 Å². The molecule has 5 unspecified atom stereocenters. The van der Waals surface area contributed by atoms with Crippen LogP contribution in [0.15, 0.2) is 0 Å². The number of rotatable bonds is 0. The topological polar surface area (TPSA) is 26.3 Å². The predicted molar refractivity (Wildman–Crippen MR) is 84.6 cm³/mol. The molecule has 3 rings (SSSR count). The normalized spacial score (nSPS) is 47.0. The summed E-state index contributed by atoms with van der Waals surface area (Å²) in [5, 5.41) is 0. The number of fused-ring (bicyclic) bond motifs is 3. The van der Waals surface area contributed by atoms with E-state index in [-0.39, 0.29) is 0 Å². The minimum atomic E-state index is -2.38. The highest BCUT2D eigenvalue weighted by Crippen LogP contribution is 2.62. The van der Waals surface area contributed by atoms with E-state index in [9.17, 15) is 4.57 Å². The molecule has 0 spiro atoms. The fraction of sp³-hybridized carbons (Fsp3) is 1.00. The third-order valence-electron chi connectivity index (χ3n) is 6.03. The molecule has 0 N–H and O–H groups in total. The maximum atomic E-state index is 13.1. The van der Waals surface area contributed by atoms with E-state index in [1.54, 1.807) is 0 Å². The fourth-order valence-electron chi connectivity index (χ4n) is 5.02. The van der Waals surface area contributed by atoms with E-state index in [1.165, 1.54) is 64.2 Å². The van der Waals surface area contributed by atoms with Crippen LogP contribution in [0.1, 0.15) is 77.0 Å². The van der Waals surface area contributed by atoms with Crippen LogP contribution < -0.4 is 0 Å². The zero-order chi connectivity index (χ0) is 14.0. The lowest BCUT2D eigenvalue weighted by Gasteiger charge is -2.46. The number of hydrogen-bond acceptors (Lipinski definition) is 2. The maximum Gasteiger partial charge on any atom is 0.203 e. The van der Waals surface area contributed by atoms with E-state index in [1.807, 2.05) is 6.66 Å². The van der Waals surface area contributed by atoms with Crippen molar-refractivity contribution in [1.29, 1.82) is 0 Å². The van der Waals surface area contributed by atoms with Crippen molar-refractivity contribution < 1.29 is 9.09 Å². The molecule has 1 saturated heterocycles. The first-order valence-electron chi connectivity index (χ1n) is 8.94. The van der Waals surface area contributed by atoms with Crippen LogP contribution in [-0.4, -0.2) is 18.4 Å². The lowest BCUT2D eigenvalue weighted by atomic mass is 9.78. The molecule has 0 bridgehead atoms. The number of hydrogen-bond donors (Lipinski definition) is 0. The van der Waals surface area contributed by atoms with Gasteiger partial charge in [0.1, 0.15) is 0 Å². The van der Waals surface area contributed by atoms with Crippen LogP contribution in [0.3, 0.4) is 0 Å². The van der Waals surface area contributed by atoms with E-state index < -0.39 is 7.37 Å². The standard InChI is InChI=1S/C17H31O2P/c1-20(18)17-13-9-5-7-11-15(17)14-10-6-3-2-4-8-12-16(14)19-20/h14-17H,2-13H2,1H3. The summed E-state index contributed by atoms with van der Waals surface area (Å²) in [6, 6.07) is 0. The van der Waals surface area contributed by atoms with Gasteiger partial charge in [0.25, 0.3) is 0 Å². The molecule has 3 aliphatic rings. The van der Waals surface area contributed by atoms with Crippen LogP contribution in [0.5, 0.6) is 0 Å². The minimum absolute atomic E-state index is 0.309. The van der Waals surface area contributed by atoms with Crippen molar-refractivity contribution in [2.75, 3.05) is 6.66 Å². The molecular formula is C17H31O2P. The Kier molecular flexibility index (Phi) is 4.93. The molecule has 0 aromatic rings. The summed E-state index contributed by atoms with van der Waals surface area (Å²) in [5.41, 5.74) is 0.381. The fourth-order valence-corrected chi connectivity index (χ4v) is 7.70. The first-order chi connectivity index (χ1) is 9.68. The molecule has 0 amide bonds. The molecule has 3 heteroatoms. The van der Waals surface area contributed by atoms with Crippen molar-refractivity contribution in [3.63, 3.8) is 0 Å². The molecule has 116 valence electrons. The summed E-state index contributed by atoms with van der Waals surface area (Å²) in [7, 11) is -2.38. The zero-order valence-electron chi connectivity index (χ0n) is 13.1. The van der Waals surface area contributed by atoms with Gasteiger partial charge in [0.2, 0.25) is 7.37 Å². The van der Waals surface area contributed by atoms with Gasteiger partial charge >= 0.3 is 0 Å². The Hall–Kier alpha value is 0.190. The second kappa shape index (κ2) is 6.53. The molecule has 5 atom stereocenters. The van der Waals surface area contributed by atoms with Crippen LogP contribution in [0.4, 0.5) is 0 Å². The summed E-state index contributed by atoms with van der Waals surface area (Å²) in [4.78, 5) is 0. The van der Waals surface area contributed by atoms with Gasteiger partial charge in [0, 0.05) is 12.3 Å². The van der Waals surface area contributed by atoms with Gasteiger partial charge in [-0.15, -0.1) is 0 Å². The largest absolute Gasteiger partial charge is 0.325 e. The molecule has 1 aliphatic heterocycles. The Morgan fingerprint density at radius 2 is 1.30 bits per heavy atom. The summed E-state index contributed by atoms with van der Waals surface area (Å²) in [6.45, 7) is 1.94. The molecule has 2 saturated carbocycles. The Labute approximate surface area is 124 Å². The Morgan fingerprint density at radius 1 is 0.750 bits per heavy atom. The van der Waals surface area contributed by atoms with Gasteiger partial charge in [-0.05, 0) is 37.5 Å². The van der Waals surface area contributed by atoms with Crippen LogP contribution >= 0.6 is 7.37 Å². The lowest BCUT2D eigenvalue weighted by molar-refractivity contribution is 0.0475. The van der Waals surface area contributed by atoms with Crippen LogP contribution in [0, 0.1) is 11.8 Å². The first kappa shape index (κ1) is 15.1. The molecule has 0 aromatic carbocycles. The van der Waals surface area contributed by atoms with Crippen LogP contribution in [-0.2, 0) is 9.09 Å². The summed E-state index contributed by atoms with van der Waals surface area (Å²) in [6.07, 6.45) is 16.0. The van der Waals surface area contributed by atoms with Crippen molar-refractivity contribution in [2.24, 2.45) is 11.8 Å². The summed E-state index contributed by atoms with van der Waals surface area (Å²) < 4.78 is 19.3. The monoisotopic (exact) mass is 298 g/mol. The molecule has 2 nitrogen and oxygen atoms in total. The lowest BCUT2D eigenvalue weighted by Crippen LogP contribution is -2.41. The first-order valence-corrected chi connectivity index (χ1v) is 11.1. The highest BCUT2D eigenvalue weighted by Gasteiger charge is 2.48. The highest BCUT2D eigenvalue weighted by atomic mass is 31.2. The third-order valence-corrected chi connectivity index (χ3v) is 8.57. The van der Waals surface area contributed by atoms with Crippen molar-refractivity contribution in [3.8, 4) is 0 Å². The second-order valence-corrected chi connectivity index (χ2v) is 10.1. The van der Waals surface area contributed by atoms with Crippen LogP contribution in [0.2, 0.25) is 0 Å². The Balaban J connectivity index is 1.84.